The van der Waals surface area contributed by atoms with E-state index in [0.29, 0.717) is 88.6 Å². The maximum atomic E-state index is 13.8. The second-order valence-electron chi connectivity index (χ2n) is 22.3. The van der Waals surface area contributed by atoms with Crippen LogP contribution in [0.3, 0.4) is 0 Å². The smallest absolute Gasteiger partial charge is 0.410 e. The predicted octanol–water partition coefficient (Wildman–Crippen LogP) is 9.81. The van der Waals surface area contributed by atoms with E-state index in [-0.39, 0.29) is 34.7 Å². The molecule has 0 saturated heterocycles. The van der Waals surface area contributed by atoms with Gasteiger partial charge in [-0.05, 0) is 167 Å². The molecule has 62 heavy (non-hydrogen) atoms. The van der Waals surface area contributed by atoms with E-state index in [1.807, 2.05) is 41.5 Å². The molecule has 0 aromatic heterocycles. The Morgan fingerprint density at radius 3 is 1.77 bits per heavy atom. The molecule has 354 valence electrons. The van der Waals surface area contributed by atoms with Crippen molar-refractivity contribution in [2.24, 2.45) is 40.4 Å². The summed E-state index contributed by atoms with van der Waals surface area (Å²) in [6.07, 6.45) is 12.1. The zero-order valence-corrected chi connectivity index (χ0v) is 40.8. The van der Waals surface area contributed by atoms with Crippen LogP contribution in [-0.4, -0.2) is 102 Å². The first-order valence-corrected chi connectivity index (χ1v) is 23.8. The molecular weight excluding hydrogens is 789 g/mol. The number of esters is 1. The number of fused-ring (bicyclic) bond motifs is 5. The molecule has 0 aromatic rings. The Morgan fingerprint density at radius 1 is 0.710 bits per heavy atom. The number of carbonyl (C=O) groups is 5. The minimum absolute atomic E-state index is 0.00114. The van der Waals surface area contributed by atoms with E-state index >= 15 is 0 Å². The van der Waals surface area contributed by atoms with Crippen LogP contribution in [0.15, 0.2) is 11.6 Å². The van der Waals surface area contributed by atoms with Crippen molar-refractivity contribution in [2.45, 2.75) is 190 Å². The van der Waals surface area contributed by atoms with Crippen LogP contribution in [-0.2, 0) is 28.5 Å². The van der Waals surface area contributed by atoms with Gasteiger partial charge in [0, 0.05) is 58.5 Å². The Morgan fingerprint density at radius 2 is 1.24 bits per heavy atom. The molecule has 8 atom stereocenters. The first-order valence-electron chi connectivity index (χ1n) is 23.8. The van der Waals surface area contributed by atoms with Crippen molar-refractivity contribution < 1.29 is 42.9 Å². The molecule has 0 spiro atoms. The fraction of sp³-hybridized carbons (Fsp3) is 0.857. The molecule has 0 aliphatic heterocycles. The second-order valence-corrected chi connectivity index (χ2v) is 22.3. The van der Waals surface area contributed by atoms with Gasteiger partial charge in [-0.3, -0.25) is 9.59 Å². The monoisotopic (exact) mass is 873 g/mol. The van der Waals surface area contributed by atoms with Gasteiger partial charge in [-0.2, -0.15) is 0 Å². The fourth-order valence-electron chi connectivity index (χ4n) is 11.3. The van der Waals surface area contributed by atoms with E-state index in [0.717, 1.165) is 38.5 Å². The number of unbranched alkanes of at least 4 members (excludes halogenated alkanes) is 1. The van der Waals surface area contributed by atoms with Crippen LogP contribution < -0.4 is 10.6 Å². The second kappa shape index (κ2) is 21.0. The zero-order valence-electron chi connectivity index (χ0n) is 40.8. The van der Waals surface area contributed by atoms with Crippen molar-refractivity contribution in [3.8, 4) is 0 Å². The Balaban J connectivity index is 1.28. The minimum Gasteiger partial charge on any atom is -0.462 e. The molecule has 0 radical (unpaired) electrons. The standard InChI is InChI=1S/C49H84N4O9/c1-33(38-20-21-39-37-19-18-35-32-36(59-34(2)54)22-24-48(35,12)40(37)23-25-49(38,39)13)41(55)50-26-16-30-52(43(57)61-46(6,7)8)28-14-15-29-53(44(58)62-47(9,10)11)31-17-27-51-42(56)60-45(3,4)5/h18,33,36-40H,14-17,19-32H2,1-13H3,(H,50,55)(H,51,56)/t33?,36-,37-,38+,39-,40-,48-,49+/m0/s1. The van der Waals surface area contributed by atoms with Crippen molar-refractivity contribution in [1.82, 2.24) is 20.4 Å². The van der Waals surface area contributed by atoms with Crippen LogP contribution in [0.1, 0.15) is 167 Å². The number of alkyl carbamates (subject to hydrolysis) is 1. The van der Waals surface area contributed by atoms with Crippen molar-refractivity contribution >= 4 is 30.2 Å². The minimum atomic E-state index is -0.660. The third-order valence-electron chi connectivity index (χ3n) is 14.1. The molecule has 13 nitrogen and oxygen atoms in total. The largest absolute Gasteiger partial charge is 0.462 e. The van der Waals surface area contributed by atoms with Gasteiger partial charge in [0.25, 0.3) is 0 Å². The Labute approximate surface area is 373 Å². The highest BCUT2D eigenvalue weighted by atomic mass is 16.6. The molecule has 4 amide bonds. The number of rotatable bonds is 16. The lowest BCUT2D eigenvalue weighted by atomic mass is 9.47. The lowest BCUT2D eigenvalue weighted by molar-refractivity contribution is -0.148. The van der Waals surface area contributed by atoms with Crippen LogP contribution >= 0.6 is 0 Å². The van der Waals surface area contributed by atoms with Crippen molar-refractivity contribution in [3.63, 3.8) is 0 Å². The molecule has 1 unspecified atom stereocenters. The van der Waals surface area contributed by atoms with Gasteiger partial charge in [-0.15, -0.1) is 0 Å². The number of ether oxygens (including phenoxy) is 4. The van der Waals surface area contributed by atoms with E-state index in [4.69, 9.17) is 18.9 Å². The highest BCUT2D eigenvalue weighted by Crippen LogP contribution is 2.67. The summed E-state index contributed by atoms with van der Waals surface area (Å²) in [4.78, 5) is 67.5. The third-order valence-corrected chi connectivity index (χ3v) is 14.1. The van der Waals surface area contributed by atoms with Crippen LogP contribution in [0.4, 0.5) is 14.4 Å². The first-order chi connectivity index (χ1) is 28.7. The Kier molecular flexibility index (Phi) is 17.3. The topological polar surface area (TPSA) is 153 Å². The highest BCUT2D eigenvalue weighted by molar-refractivity contribution is 5.78. The van der Waals surface area contributed by atoms with E-state index in [2.05, 4.69) is 37.5 Å². The lowest BCUT2D eigenvalue weighted by Crippen LogP contribution is -2.51. The number of nitrogens with one attached hydrogen (secondary N) is 2. The molecule has 3 fully saturated rings. The summed E-state index contributed by atoms with van der Waals surface area (Å²) in [6, 6.07) is 0. The van der Waals surface area contributed by atoms with E-state index in [1.54, 1.807) is 30.6 Å². The summed E-state index contributed by atoms with van der Waals surface area (Å²) in [6.45, 7) is 27.5. The molecule has 4 aliphatic carbocycles. The predicted molar refractivity (Wildman–Crippen MR) is 241 cm³/mol. The summed E-state index contributed by atoms with van der Waals surface area (Å²) in [5.41, 5.74) is -0.133. The average molecular weight is 873 g/mol. The number of hydrogen-bond donors (Lipinski definition) is 2. The summed E-state index contributed by atoms with van der Waals surface area (Å²) >= 11 is 0. The highest BCUT2D eigenvalue weighted by Gasteiger charge is 2.60. The van der Waals surface area contributed by atoms with E-state index < -0.39 is 35.1 Å². The number of hydrogen-bond acceptors (Lipinski definition) is 9. The average Bonchev–Trinajstić information content (AvgIpc) is 3.49. The van der Waals surface area contributed by atoms with E-state index in [1.165, 1.54) is 25.3 Å². The van der Waals surface area contributed by atoms with Crippen LogP contribution in [0.25, 0.3) is 0 Å². The van der Waals surface area contributed by atoms with Gasteiger partial charge in [-0.25, -0.2) is 14.4 Å². The van der Waals surface area contributed by atoms with Crippen molar-refractivity contribution in [3.05, 3.63) is 11.6 Å². The van der Waals surface area contributed by atoms with Crippen molar-refractivity contribution in [1.29, 1.82) is 0 Å². The molecule has 13 heteroatoms. The number of nitrogens with zero attached hydrogens (tertiary/aromatic N) is 2. The number of allylic oxidation sites excluding steroid dienone is 1. The molecule has 4 aliphatic rings. The van der Waals surface area contributed by atoms with Gasteiger partial charge >= 0.3 is 24.2 Å². The maximum absolute atomic E-state index is 13.8. The van der Waals surface area contributed by atoms with E-state index in [9.17, 15) is 24.0 Å². The summed E-state index contributed by atoms with van der Waals surface area (Å²) in [5, 5.41) is 5.98. The van der Waals surface area contributed by atoms with Crippen LogP contribution in [0.5, 0.6) is 0 Å². The third kappa shape index (κ3) is 14.2. The van der Waals surface area contributed by atoms with Gasteiger partial charge in [0.15, 0.2) is 0 Å². The van der Waals surface area contributed by atoms with Gasteiger partial charge in [-0.1, -0.05) is 32.4 Å². The molecule has 2 N–H and O–H groups in total. The van der Waals surface area contributed by atoms with Crippen LogP contribution in [0, 0.1) is 40.4 Å². The number of carbonyl (C=O) groups excluding carboxylic acids is 5. The first kappa shape index (κ1) is 51.1. The quantitative estimate of drug-likeness (QED) is 0.0668. The Hall–Kier alpha value is -3.51. The van der Waals surface area contributed by atoms with Gasteiger partial charge in [0.2, 0.25) is 5.91 Å². The number of amides is 4. The zero-order chi connectivity index (χ0) is 46.3. The maximum Gasteiger partial charge on any atom is 0.410 e. The molecule has 4 rings (SSSR count). The lowest BCUT2D eigenvalue weighted by Gasteiger charge is -2.58. The molecule has 0 bridgehead atoms. The molecule has 0 heterocycles. The SMILES string of the molecule is CC(=O)O[C@H]1CC[C@@]2(C)C(=CC[C@H]3[C@@H]4CC[C@H](C(C)C(=O)NCCCN(CCCCN(CCCNC(=O)OC(C)(C)C)C(=O)OC(C)(C)C)C(=O)OC(C)(C)C)[C@@]4(C)CC[C@@H]32)C1. The van der Waals surface area contributed by atoms with Gasteiger partial charge in [0.05, 0.1) is 0 Å². The summed E-state index contributed by atoms with van der Waals surface area (Å²) in [7, 11) is 0. The van der Waals surface area contributed by atoms with Crippen LogP contribution in [0.2, 0.25) is 0 Å². The Bertz CT molecular complexity index is 1590. The normalized spacial score (nSPS) is 27.6. The van der Waals surface area contributed by atoms with Gasteiger partial charge in [0.1, 0.15) is 22.9 Å². The fourth-order valence-corrected chi connectivity index (χ4v) is 11.3. The molecule has 0 aromatic carbocycles. The van der Waals surface area contributed by atoms with Crippen molar-refractivity contribution in [2.75, 3.05) is 39.3 Å². The van der Waals surface area contributed by atoms with Gasteiger partial charge < -0.3 is 39.4 Å². The molecular formula is C49H84N4O9. The molecule has 3 saturated carbocycles. The summed E-state index contributed by atoms with van der Waals surface area (Å²) < 4.78 is 22.4. The summed E-state index contributed by atoms with van der Waals surface area (Å²) in [5.74, 6) is 1.99.